The van der Waals surface area contributed by atoms with Gasteiger partial charge in [-0.3, -0.25) is 4.99 Å². The number of hydrogen-bond acceptors (Lipinski definition) is 3. The van der Waals surface area contributed by atoms with Crippen molar-refractivity contribution in [3.63, 3.8) is 0 Å². The molecule has 0 aliphatic heterocycles. The van der Waals surface area contributed by atoms with Gasteiger partial charge >= 0.3 is 0 Å². The Bertz CT molecular complexity index is 107. The molecule has 0 saturated carbocycles. The minimum atomic E-state index is 0.909. The molecule has 0 spiro atoms. The standard InChI is InChI=1S/C7H15N3/c1-3-4-5-9-6-7-10-8-2/h6-8H,3-5H2,1-2H3. The first-order chi connectivity index (χ1) is 4.91. The van der Waals surface area contributed by atoms with Crippen LogP contribution in [0.1, 0.15) is 19.8 Å². The molecule has 58 valence electrons. The summed E-state index contributed by atoms with van der Waals surface area (Å²) in [5.74, 6) is 0. The van der Waals surface area contributed by atoms with Gasteiger partial charge in [0.2, 0.25) is 0 Å². The van der Waals surface area contributed by atoms with Crippen LogP contribution < -0.4 is 5.43 Å². The van der Waals surface area contributed by atoms with Gasteiger partial charge in [-0.05, 0) is 6.42 Å². The molecule has 0 fully saturated rings. The summed E-state index contributed by atoms with van der Waals surface area (Å²) in [6, 6.07) is 0. The van der Waals surface area contributed by atoms with Crippen LogP contribution in [0.15, 0.2) is 10.1 Å². The van der Waals surface area contributed by atoms with Gasteiger partial charge in [-0.1, -0.05) is 13.3 Å². The van der Waals surface area contributed by atoms with Crippen LogP contribution >= 0.6 is 0 Å². The number of hydrogen-bond donors (Lipinski definition) is 1. The van der Waals surface area contributed by atoms with Crippen molar-refractivity contribution < 1.29 is 0 Å². The summed E-state index contributed by atoms with van der Waals surface area (Å²) in [7, 11) is 1.76. The molecule has 0 radical (unpaired) electrons. The quantitative estimate of drug-likeness (QED) is 0.347. The van der Waals surface area contributed by atoms with Gasteiger partial charge in [0.1, 0.15) is 0 Å². The number of aliphatic imine (C=N–C) groups is 1. The average Bonchev–Trinajstić information content (AvgIpc) is 1.97. The monoisotopic (exact) mass is 141 g/mol. The van der Waals surface area contributed by atoms with E-state index in [0.717, 1.165) is 13.0 Å². The zero-order chi connectivity index (χ0) is 7.66. The summed E-state index contributed by atoms with van der Waals surface area (Å²) in [6.07, 6.45) is 5.71. The van der Waals surface area contributed by atoms with Crippen LogP contribution in [0.25, 0.3) is 0 Å². The van der Waals surface area contributed by atoms with Crippen molar-refractivity contribution in [2.45, 2.75) is 19.8 Å². The normalized spacial score (nSPS) is 11.4. The molecule has 3 nitrogen and oxygen atoms in total. The van der Waals surface area contributed by atoms with E-state index in [1.165, 1.54) is 6.42 Å². The molecule has 0 atom stereocenters. The van der Waals surface area contributed by atoms with Crippen molar-refractivity contribution in [1.29, 1.82) is 0 Å². The van der Waals surface area contributed by atoms with Gasteiger partial charge in [-0.2, -0.15) is 5.10 Å². The second-order valence-corrected chi connectivity index (χ2v) is 1.91. The lowest BCUT2D eigenvalue weighted by molar-refractivity contribution is 0.811. The molecular weight excluding hydrogens is 126 g/mol. The lowest BCUT2D eigenvalue weighted by Gasteiger charge is -1.86. The first-order valence-corrected chi connectivity index (χ1v) is 3.60. The average molecular weight is 141 g/mol. The fraction of sp³-hybridized carbons (Fsp3) is 0.714. The summed E-state index contributed by atoms with van der Waals surface area (Å²) >= 11 is 0. The first-order valence-electron chi connectivity index (χ1n) is 3.60. The Labute approximate surface area is 62.2 Å². The second kappa shape index (κ2) is 8.14. The predicted molar refractivity (Wildman–Crippen MR) is 45.8 cm³/mol. The Morgan fingerprint density at radius 3 is 2.80 bits per heavy atom. The fourth-order valence-electron chi connectivity index (χ4n) is 0.479. The molecule has 0 amide bonds. The Kier molecular flexibility index (Phi) is 7.44. The fourth-order valence-corrected chi connectivity index (χ4v) is 0.479. The molecule has 0 aromatic rings. The molecule has 0 aliphatic carbocycles. The topological polar surface area (TPSA) is 36.8 Å². The van der Waals surface area contributed by atoms with Gasteiger partial charge in [0, 0.05) is 19.8 Å². The minimum Gasteiger partial charge on any atom is -0.313 e. The summed E-state index contributed by atoms with van der Waals surface area (Å²) in [5.41, 5.74) is 2.64. The number of rotatable bonds is 5. The predicted octanol–water partition coefficient (Wildman–Crippen LogP) is 1.06. The zero-order valence-corrected chi connectivity index (χ0v) is 6.67. The highest BCUT2D eigenvalue weighted by Gasteiger charge is 1.75. The minimum absolute atomic E-state index is 0.909. The maximum Gasteiger partial charge on any atom is 0.0646 e. The van der Waals surface area contributed by atoms with Gasteiger partial charge < -0.3 is 5.43 Å². The van der Waals surface area contributed by atoms with E-state index in [1.807, 2.05) is 0 Å². The molecule has 0 aromatic carbocycles. The van der Waals surface area contributed by atoms with E-state index in [-0.39, 0.29) is 0 Å². The molecule has 3 heteroatoms. The SMILES string of the molecule is CCCCN=CC=NNC. The van der Waals surface area contributed by atoms with Crippen LogP contribution in [0.2, 0.25) is 0 Å². The van der Waals surface area contributed by atoms with Crippen LogP contribution in [0.5, 0.6) is 0 Å². The molecule has 0 rings (SSSR count). The molecular formula is C7H15N3. The highest BCUT2D eigenvalue weighted by Crippen LogP contribution is 1.84. The molecule has 0 saturated heterocycles. The van der Waals surface area contributed by atoms with Crippen LogP contribution in [-0.2, 0) is 0 Å². The first kappa shape index (κ1) is 9.14. The molecule has 10 heavy (non-hydrogen) atoms. The third-order valence-corrected chi connectivity index (χ3v) is 1.02. The van der Waals surface area contributed by atoms with Crippen LogP contribution in [0.3, 0.4) is 0 Å². The molecule has 0 bridgehead atoms. The number of nitrogens with zero attached hydrogens (tertiary/aromatic N) is 2. The third-order valence-electron chi connectivity index (χ3n) is 1.02. The lowest BCUT2D eigenvalue weighted by Crippen LogP contribution is -1.94. The second-order valence-electron chi connectivity index (χ2n) is 1.91. The highest BCUT2D eigenvalue weighted by molar-refractivity contribution is 6.15. The highest BCUT2D eigenvalue weighted by atomic mass is 15.3. The molecule has 0 unspecified atom stereocenters. The van der Waals surface area contributed by atoms with Crippen molar-refractivity contribution in [1.82, 2.24) is 5.43 Å². The van der Waals surface area contributed by atoms with Crippen molar-refractivity contribution in [2.24, 2.45) is 10.1 Å². The smallest absolute Gasteiger partial charge is 0.0646 e. The van der Waals surface area contributed by atoms with E-state index in [9.17, 15) is 0 Å². The van der Waals surface area contributed by atoms with Crippen LogP contribution in [0.4, 0.5) is 0 Å². The van der Waals surface area contributed by atoms with Crippen LogP contribution in [0, 0.1) is 0 Å². The van der Waals surface area contributed by atoms with E-state index < -0.39 is 0 Å². The molecule has 0 aromatic heterocycles. The van der Waals surface area contributed by atoms with Crippen molar-refractivity contribution in [3.05, 3.63) is 0 Å². The lowest BCUT2D eigenvalue weighted by atomic mass is 10.3. The third kappa shape index (κ3) is 7.14. The molecule has 1 N–H and O–H groups in total. The zero-order valence-electron chi connectivity index (χ0n) is 6.67. The number of unbranched alkanes of at least 4 members (excludes halogenated alkanes) is 1. The number of nitrogens with one attached hydrogen (secondary N) is 1. The summed E-state index contributed by atoms with van der Waals surface area (Å²) in [6.45, 7) is 3.06. The summed E-state index contributed by atoms with van der Waals surface area (Å²) in [5, 5.41) is 3.75. The van der Waals surface area contributed by atoms with Gasteiger partial charge in [-0.25, -0.2) is 0 Å². The largest absolute Gasteiger partial charge is 0.313 e. The molecule has 0 aliphatic rings. The summed E-state index contributed by atoms with van der Waals surface area (Å²) in [4.78, 5) is 4.08. The van der Waals surface area contributed by atoms with Crippen molar-refractivity contribution in [2.75, 3.05) is 13.6 Å². The van der Waals surface area contributed by atoms with E-state index in [0.29, 0.717) is 0 Å². The van der Waals surface area contributed by atoms with Gasteiger partial charge in [-0.15, -0.1) is 0 Å². The van der Waals surface area contributed by atoms with Crippen molar-refractivity contribution >= 4 is 12.4 Å². The van der Waals surface area contributed by atoms with E-state index >= 15 is 0 Å². The Hall–Kier alpha value is -0.860. The maximum absolute atomic E-state index is 4.08. The Morgan fingerprint density at radius 2 is 2.20 bits per heavy atom. The van der Waals surface area contributed by atoms with E-state index in [1.54, 1.807) is 19.5 Å². The maximum atomic E-state index is 4.08. The number of hydrazone groups is 1. The van der Waals surface area contributed by atoms with Gasteiger partial charge in [0.25, 0.3) is 0 Å². The summed E-state index contributed by atoms with van der Waals surface area (Å²) < 4.78 is 0. The van der Waals surface area contributed by atoms with Gasteiger partial charge in [0.05, 0.1) is 6.21 Å². The van der Waals surface area contributed by atoms with Gasteiger partial charge in [0.15, 0.2) is 0 Å². The Balaban J connectivity index is 3.11. The van der Waals surface area contributed by atoms with Crippen molar-refractivity contribution in [3.8, 4) is 0 Å². The Morgan fingerprint density at radius 1 is 1.40 bits per heavy atom. The van der Waals surface area contributed by atoms with Crippen LogP contribution in [-0.4, -0.2) is 26.0 Å². The molecule has 0 heterocycles. The van der Waals surface area contributed by atoms with E-state index in [4.69, 9.17) is 0 Å². The van der Waals surface area contributed by atoms with E-state index in [2.05, 4.69) is 22.4 Å².